The maximum absolute atomic E-state index is 13.1. The lowest BCUT2D eigenvalue weighted by Crippen LogP contribution is -2.36. The van der Waals surface area contributed by atoms with Crippen molar-refractivity contribution in [1.29, 1.82) is 0 Å². The van der Waals surface area contributed by atoms with Crippen molar-refractivity contribution < 1.29 is 23.9 Å². The lowest BCUT2D eigenvalue weighted by Gasteiger charge is -2.28. The van der Waals surface area contributed by atoms with Crippen LogP contribution >= 0.6 is 11.3 Å². The van der Waals surface area contributed by atoms with Crippen LogP contribution in [0.1, 0.15) is 36.0 Å². The number of carbonyl (C=O) groups is 4. The predicted molar refractivity (Wildman–Crippen MR) is 122 cm³/mol. The maximum Gasteiger partial charge on any atom is 0.273 e. The van der Waals surface area contributed by atoms with Crippen LogP contribution in [0.15, 0.2) is 60.0 Å². The third kappa shape index (κ3) is 3.76. The van der Waals surface area contributed by atoms with Crippen molar-refractivity contribution in [3.63, 3.8) is 0 Å². The van der Waals surface area contributed by atoms with Gasteiger partial charge in [0.2, 0.25) is 0 Å². The Morgan fingerprint density at radius 3 is 2.25 bits per heavy atom. The van der Waals surface area contributed by atoms with Crippen molar-refractivity contribution in [2.24, 2.45) is 0 Å². The van der Waals surface area contributed by atoms with Gasteiger partial charge in [0, 0.05) is 6.54 Å². The highest BCUT2D eigenvalue weighted by Crippen LogP contribution is 2.35. The fraction of sp³-hybridized carbons (Fsp3) is 0.130. The molecule has 2 heterocycles. The number of benzene rings is 2. The van der Waals surface area contributed by atoms with Crippen molar-refractivity contribution in [2.75, 3.05) is 18.6 Å². The maximum atomic E-state index is 13.1. The Bertz CT molecular complexity index is 1190. The summed E-state index contributed by atoms with van der Waals surface area (Å²) in [5, 5.41) is 0.847. The number of hydrogen-bond donors (Lipinski definition) is 0. The zero-order chi connectivity index (χ0) is 22.8. The van der Waals surface area contributed by atoms with Crippen LogP contribution in [0.4, 0.5) is 10.5 Å². The van der Waals surface area contributed by atoms with Gasteiger partial charge in [0.05, 0.1) is 28.8 Å². The normalized spacial score (nSPS) is 12.6. The molecule has 0 saturated heterocycles. The summed E-state index contributed by atoms with van der Waals surface area (Å²) in [4.78, 5) is 53.2. The van der Waals surface area contributed by atoms with Crippen LogP contribution in [0.5, 0.6) is 5.75 Å². The average Bonchev–Trinajstić information content (AvgIpc) is 3.41. The van der Waals surface area contributed by atoms with Gasteiger partial charge in [-0.3, -0.25) is 24.2 Å². The van der Waals surface area contributed by atoms with Crippen LogP contribution < -0.4 is 9.64 Å². The van der Waals surface area contributed by atoms with Gasteiger partial charge in [-0.15, -0.1) is 11.3 Å². The molecule has 7 nitrogen and oxygen atoms in total. The quantitative estimate of drug-likeness (QED) is 0.405. The first-order valence-electron chi connectivity index (χ1n) is 9.64. The monoisotopic (exact) mass is 465 g/mol. The summed E-state index contributed by atoms with van der Waals surface area (Å²) in [5.74, 6) is -1.03. The molecule has 0 bridgehead atoms. The summed E-state index contributed by atoms with van der Waals surface area (Å²) in [5.41, 5.74) is 1.48. The van der Waals surface area contributed by atoms with Crippen molar-refractivity contribution in [3.8, 4) is 5.75 Å². The number of methoxy groups -OCH3 is 1. The molecule has 0 fully saturated rings. The molecule has 4 rings (SSSR count). The van der Waals surface area contributed by atoms with Gasteiger partial charge in [0.15, 0.2) is 0 Å². The fourth-order valence-electron chi connectivity index (χ4n) is 3.65. The Kier molecular flexibility index (Phi) is 6.02. The molecule has 1 aliphatic heterocycles. The molecule has 0 spiro atoms. The Morgan fingerprint density at radius 1 is 1.00 bits per heavy atom. The van der Waals surface area contributed by atoms with E-state index in [-0.39, 0.29) is 36.2 Å². The number of thiophene rings is 1. The first kappa shape index (κ1) is 21.7. The molecule has 32 heavy (non-hydrogen) atoms. The summed E-state index contributed by atoms with van der Waals surface area (Å²) < 4.78 is 5.41. The van der Waals surface area contributed by atoms with E-state index in [2.05, 4.69) is 0 Å². The van der Waals surface area contributed by atoms with Gasteiger partial charge in [-0.05, 0) is 41.6 Å². The van der Waals surface area contributed by atoms with Gasteiger partial charge in [0.25, 0.3) is 17.7 Å². The molecule has 1 aromatic heterocycles. The minimum Gasteiger partial charge on any atom is -0.718 e. The molecule has 0 unspecified atom stereocenters. The van der Waals surface area contributed by atoms with E-state index in [0.717, 1.165) is 9.80 Å². The highest BCUT2D eigenvalue weighted by molar-refractivity contribution is 7.77. The Morgan fingerprint density at radius 2 is 1.69 bits per heavy atom. The molecule has 0 atom stereocenters. The molecule has 0 aliphatic carbocycles. The van der Waals surface area contributed by atoms with Gasteiger partial charge in [-0.25, -0.2) is 0 Å². The van der Waals surface area contributed by atoms with Gasteiger partial charge < -0.3 is 22.2 Å². The second-order valence-electron chi connectivity index (χ2n) is 6.91. The first-order valence-corrected chi connectivity index (χ1v) is 10.9. The smallest absolute Gasteiger partial charge is 0.273 e. The van der Waals surface area contributed by atoms with Gasteiger partial charge in [-0.1, -0.05) is 30.3 Å². The molecule has 2 aromatic carbocycles. The van der Waals surface area contributed by atoms with Crippen LogP contribution in [0, 0.1) is 0 Å². The topological polar surface area (TPSA) is 84.0 Å². The summed E-state index contributed by atoms with van der Waals surface area (Å²) in [6.07, 6.45) is 0.203. The third-order valence-electron chi connectivity index (χ3n) is 5.13. The predicted octanol–water partition coefficient (Wildman–Crippen LogP) is 3.91. The van der Waals surface area contributed by atoms with Gasteiger partial charge >= 0.3 is 0 Å². The summed E-state index contributed by atoms with van der Waals surface area (Å²) in [6.45, 7) is 0.0686. The second-order valence-corrected chi connectivity index (χ2v) is 8.21. The number of hydrogen-bond acceptors (Lipinski definition) is 7. The van der Waals surface area contributed by atoms with Crippen molar-refractivity contribution in [3.05, 3.63) is 81.5 Å². The Hall–Kier alpha value is -3.56. The highest BCUT2D eigenvalue weighted by Gasteiger charge is 2.35. The first-order chi connectivity index (χ1) is 15.4. The van der Waals surface area contributed by atoms with Crippen LogP contribution in [-0.4, -0.2) is 41.5 Å². The van der Waals surface area contributed by atoms with Gasteiger partial charge in [0.1, 0.15) is 11.0 Å². The van der Waals surface area contributed by atoms with Crippen molar-refractivity contribution in [1.82, 2.24) is 4.90 Å². The molecule has 162 valence electrons. The molecule has 3 aromatic rings. The third-order valence-corrected chi connectivity index (χ3v) is 6.17. The van der Waals surface area contributed by atoms with Crippen LogP contribution in [0.2, 0.25) is 0 Å². The molecule has 1 aliphatic rings. The standard InChI is InChI=1S/C23H18N2O5S2/c1-30-17-9-4-6-14(19(17)25(23(29)31)22(28)18-10-5-13-32-18)11-12-24-20(26)15-7-2-3-8-16(15)21(24)27/h2-10,13H,11-12H2,1H3,(H,29,31)/p-1. The number of rotatable bonds is 6. The number of para-hydroxylation sites is 1. The Balaban J connectivity index is 1.67. The minimum atomic E-state index is -0.880. The lowest BCUT2D eigenvalue weighted by atomic mass is 10.1. The van der Waals surface area contributed by atoms with E-state index in [1.807, 2.05) is 0 Å². The number of nitrogens with zero attached hydrogens (tertiary/aromatic N) is 2. The number of fused-ring (bicyclic) bond motifs is 1. The van der Waals surface area contributed by atoms with E-state index >= 15 is 0 Å². The van der Waals surface area contributed by atoms with Crippen LogP contribution in [0.25, 0.3) is 0 Å². The largest absolute Gasteiger partial charge is 0.718 e. The molecular weight excluding hydrogens is 448 g/mol. The number of imide groups is 2. The molecular formula is C23H17N2O5S2-. The van der Waals surface area contributed by atoms with Crippen LogP contribution in [-0.2, 0) is 19.0 Å². The number of ether oxygens (including phenoxy) is 1. The zero-order valence-corrected chi connectivity index (χ0v) is 18.6. The SMILES string of the molecule is COc1cccc(CCN2C(=O)c3ccccc3C2=O)c1N(C(=O)[S-])C(=O)c1cccs1. The van der Waals surface area contributed by atoms with Gasteiger partial charge in [-0.2, -0.15) is 0 Å². The molecule has 4 amide bonds. The van der Waals surface area contributed by atoms with Crippen molar-refractivity contribution in [2.45, 2.75) is 6.42 Å². The van der Waals surface area contributed by atoms with Crippen molar-refractivity contribution >= 4 is 52.6 Å². The fourth-order valence-corrected chi connectivity index (χ4v) is 4.48. The molecule has 9 heteroatoms. The van der Waals surface area contributed by atoms with E-state index in [1.165, 1.54) is 18.4 Å². The molecule has 0 radical (unpaired) electrons. The highest BCUT2D eigenvalue weighted by atomic mass is 32.1. The lowest BCUT2D eigenvalue weighted by molar-refractivity contribution is 0.0655. The second kappa shape index (κ2) is 8.89. The van der Waals surface area contributed by atoms with E-state index < -0.39 is 11.1 Å². The summed E-state index contributed by atoms with van der Waals surface area (Å²) in [6, 6.07) is 15.0. The average molecular weight is 466 g/mol. The Labute approximate surface area is 193 Å². The number of anilines is 1. The summed E-state index contributed by atoms with van der Waals surface area (Å²) in [7, 11) is 1.43. The summed E-state index contributed by atoms with van der Waals surface area (Å²) >= 11 is 6.06. The van der Waals surface area contributed by atoms with Crippen LogP contribution in [0.3, 0.4) is 0 Å². The van der Waals surface area contributed by atoms with E-state index in [4.69, 9.17) is 17.4 Å². The number of amides is 4. The molecule has 0 saturated carbocycles. The minimum absolute atomic E-state index is 0.0686. The number of carbonyl (C=O) groups excluding carboxylic acids is 4. The zero-order valence-electron chi connectivity index (χ0n) is 16.9. The van der Waals surface area contributed by atoms with E-state index in [1.54, 1.807) is 60.0 Å². The van der Waals surface area contributed by atoms with E-state index in [9.17, 15) is 19.2 Å². The van der Waals surface area contributed by atoms with E-state index in [0.29, 0.717) is 21.6 Å². The molecule has 0 N–H and O–H groups in total.